The van der Waals surface area contributed by atoms with Gasteiger partial charge in [-0.3, -0.25) is 14.8 Å². The lowest BCUT2D eigenvalue weighted by Gasteiger charge is -2.25. The van der Waals surface area contributed by atoms with E-state index < -0.39 is 18.1 Å². The number of rotatable bonds is 9. The fourth-order valence-electron chi connectivity index (χ4n) is 6.14. The summed E-state index contributed by atoms with van der Waals surface area (Å²) in [6, 6.07) is 18.2. The molecule has 0 aliphatic carbocycles. The van der Waals surface area contributed by atoms with Gasteiger partial charge >= 0.3 is 0 Å². The summed E-state index contributed by atoms with van der Waals surface area (Å²) < 4.78 is 54.1. The molecule has 1 fully saturated rings. The number of pyridine rings is 1. The first-order valence-corrected chi connectivity index (χ1v) is 17.6. The van der Waals surface area contributed by atoms with E-state index in [0.717, 1.165) is 48.8 Å². The molecule has 1 saturated heterocycles. The molecule has 2 aliphatic rings. The third-order valence-electron chi connectivity index (χ3n) is 9.29. The van der Waals surface area contributed by atoms with Crippen LogP contribution in [0.4, 0.5) is 18.9 Å². The molecule has 10 nitrogen and oxygen atoms in total. The van der Waals surface area contributed by atoms with Gasteiger partial charge in [0.05, 0.1) is 23.3 Å². The molecule has 0 radical (unpaired) electrons. The Kier molecular flexibility index (Phi) is 10.8. The van der Waals surface area contributed by atoms with Crippen molar-refractivity contribution >= 4 is 50.7 Å². The van der Waals surface area contributed by atoms with Crippen LogP contribution in [-0.2, 0) is 24.9 Å². The molecule has 2 aliphatic heterocycles. The minimum atomic E-state index is -2.74. The summed E-state index contributed by atoms with van der Waals surface area (Å²) in [5, 5.41) is 10.3. The maximum absolute atomic E-state index is 14.2. The highest BCUT2D eigenvalue weighted by Gasteiger charge is 2.20. The highest BCUT2D eigenvalue weighted by Crippen LogP contribution is 2.32. The van der Waals surface area contributed by atoms with Crippen molar-refractivity contribution in [3.8, 4) is 5.88 Å². The van der Waals surface area contributed by atoms with Crippen LogP contribution in [0.15, 0.2) is 72.8 Å². The average Bonchev–Trinajstić information content (AvgIpc) is 3.65. The van der Waals surface area contributed by atoms with Crippen LogP contribution in [0.2, 0.25) is 5.02 Å². The van der Waals surface area contributed by atoms with Crippen LogP contribution < -0.4 is 10.1 Å². The number of hydrogen-bond donors (Lipinski definition) is 2. The van der Waals surface area contributed by atoms with E-state index in [2.05, 4.69) is 31.5 Å². The molecule has 6 aromatic rings. The van der Waals surface area contributed by atoms with Gasteiger partial charge in [-0.1, -0.05) is 29.8 Å². The number of hydrogen-bond acceptors (Lipinski definition) is 7. The number of nitrogens with one attached hydrogen (secondary N) is 2. The Labute approximate surface area is 308 Å². The number of aromatic amines is 1. The Hall–Kier alpha value is -5.24. The van der Waals surface area contributed by atoms with Crippen molar-refractivity contribution in [3.63, 3.8) is 0 Å². The van der Waals surface area contributed by atoms with Gasteiger partial charge < -0.3 is 19.4 Å². The highest BCUT2D eigenvalue weighted by molar-refractivity contribution is 6.30. The van der Waals surface area contributed by atoms with Gasteiger partial charge in [-0.15, -0.1) is 0 Å². The van der Waals surface area contributed by atoms with Gasteiger partial charge in [-0.2, -0.15) is 5.10 Å². The molecule has 274 valence electrons. The van der Waals surface area contributed by atoms with Crippen molar-refractivity contribution in [2.75, 3.05) is 31.6 Å². The molecule has 3 aromatic heterocycles. The number of H-pyrrole nitrogens is 1. The Morgan fingerprint density at radius 3 is 2.62 bits per heavy atom. The van der Waals surface area contributed by atoms with E-state index in [0.29, 0.717) is 51.7 Å². The van der Waals surface area contributed by atoms with Gasteiger partial charge in [0.2, 0.25) is 5.88 Å². The van der Waals surface area contributed by atoms with Crippen LogP contribution in [-0.4, -0.2) is 61.8 Å². The van der Waals surface area contributed by atoms with Crippen LogP contribution in [0.1, 0.15) is 58.0 Å². The van der Waals surface area contributed by atoms with Crippen LogP contribution in [0, 0.1) is 12.7 Å². The lowest BCUT2D eigenvalue weighted by molar-refractivity contribution is 0.0367. The van der Waals surface area contributed by atoms with Crippen LogP contribution >= 0.6 is 11.6 Å². The van der Waals surface area contributed by atoms with Crippen molar-refractivity contribution in [1.82, 2.24) is 29.6 Å². The summed E-state index contributed by atoms with van der Waals surface area (Å²) in [6.45, 7) is 5.85. The number of ether oxygens (including phenoxy) is 2. The number of fused-ring (bicyclic) bond motifs is 2. The van der Waals surface area contributed by atoms with E-state index in [9.17, 15) is 18.0 Å². The maximum atomic E-state index is 14.2. The van der Waals surface area contributed by atoms with Gasteiger partial charge in [0, 0.05) is 77.9 Å². The quantitative estimate of drug-likeness (QED) is 0.153. The number of benzene rings is 3. The molecule has 0 saturated carbocycles. The summed E-state index contributed by atoms with van der Waals surface area (Å²) in [5.41, 5.74) is 5.04. The predicted molar refractivity (Wildman–Crippen MR) is 198 cm³/mol. The van der Waals surface area contributed by atoms with E-state index in [-0.39, 0.29) is 23.4 Å². The van der Waals surface area contributed by atoms with Crippen molar-refractivity contribution in [1.29, 1.82) is 0 Å². The zero-order valence-corrected chi connectivity index (χ0v) is 29.9. The molecule has 14 heteroatoms. The van der Waals surface area contributed by atoms with Crippen molar-refractivity contribution in [3.05, 3.63) is 118 Å². The third-order valence-corrected chi connectivity index (χ3v) is 9.52. The van der Waals surface area contributed by atoms with Crippen molar-refractivity contribution < 1.29 is 27.4 Å². The fourth-order valence-corrected chi connectivity index (χ4v) is 6.30. The lowest BCUT2D eigenvalue weighted by atomic mass is 10.0. The first kappa shape index (κ1) is 36.1. The molecule has 1 amide bonds. The van der Waals surface area contributed by atoms with E-state index >= 15 is 0 Å². The average molecular weight is 744 g/mol. The minimum Gasteiger partial charge on any atom is -0.473 e. The number of halogens is 4. The molecule has 5 heterocycles. The van der Waals surface area contributed by atoms with E-state index in [1.165, 1.54) is 18.6 Å². The second-order valence-corrected chi connectivity index (χ2v) is 13.4. The van der Waals surface area contributed by atoms with Gasteiger partial charge in [-0.25, -0.2) is 23.1 Å². The molecule has 0 bridgehead atoms. The Morgan fingerprint density at radius 2 is 1.91 bits per heavy atom. The summed E-state index contributed by atoms with van der Waals surface area (Å²) in [4.78, 5) is 24.9. The molecule has 3 aromatic carbocycles. The number of amides is 1. The summed E-state index contributed by atoms with van der Waals surface area (Å²) >= 11 is 5.85. The molecule has 0 spiro atoms. The first-order chi connectivity index (χ1) is 25.6. The summed E-state index contributed by atoms with van der Waals surface area (Å²) in [6.07, 6.45) is 1.45. The summed E-state index contributed by atoms with van der Waals surface area (Å²) in [5.74, 6) is 0.404. The number of carbonyl (C=O) groups is 1. The number of anilines is 1. The molecule has 53 heavy (non-hydrogen) atoms. The van der Waals surface area contributed by atoms with Crippen LogP contribution in [0.25, 0.3) is 27.5 Å². The van der Waals surface area contributed by atoms with E-state index in [1.54, 1.807) is 43.3 Å². The smallest absolute Gasteiger partial charge is 0.266 e. The molecule has 2 N–H and O–H groups in total. The van der Waals surface area contributed by atoms with E-state index in [1.807, 2.05) is 29.8 Å². The topological polar surface area (TPSA) is 110 Å². The van der Waals surface area contributed by atoms with E-state index in [4.69, 9.17) is 26.1 Å². The number of carbonyl (C=O) groups excluding carboxylic acids is 1. The SMILES string of the molecule is C1COC1.Cc1[nH]nc2c(C(F)F)cc(NC(=O)c3ccc4c(c3)nc(CN3CC=C(c5cccc(OCc6ccc(Cl)cc6F)n5)CC3)n4C)cc12. The van der Waals surface area contributed by atoms with Gasteiger partial charge in [0.15, 0.2) is 0 Å². The number of aromatic nitrogens is 5. The van der Waals surface area contributed by atoms with Crippen molar-refractivity contribution in [2.24, 2.45) is 7.05 Å². The highest BCUT2D eigenvalue weighted by atomic mass is 35.5. The largest absolute Gasteiger partial charge is 0.473 e. The van der Waals surface area contributed by atoms with Gasteiger partial charge in [0.25, 0.3) is 12.3 Å². The lowest BCUT2D eigenvalue weighted by Crippen LogP contribution is -2.29. The number of nitrogens with zero attached hydrogens (tertiary/aromatic N) is 5. The number of aryl methyl sites for hydroxylation is 2. The standard InChI is InChI=1S/C36H31ClF3N7O2.C3H6O/c1-20-26-16-25(17-27(35(39)40)34(26)45-44-20)41-36(48)22-7-9-31-30(14-22)42-32(46(31)2)18-47-12-10-21(11-13-47)29-4-3-5-33(43-29)49-19-23-6-8-24(37)15-28(23)38;1-2-4-3-1/h3-10,14-17,35H,11-13,18-19H2,1-2H3,(H,41,48)(H,44,45);1-3H2. The summed E-state index contributed by atoms with van der Waals surface area (Å²) in [7, 11) is 1.94. The number of alkyl halides is 2. The Morgan fingerprint density at radius 1 is 1.09 bits per heavy atom. The zero-order valence-electron chi connectivity index (χ0n) is 29.1. The number of imidazole rings is 1. The normalized spacial score (nSPS) is 14.5. The second-order valence-electron chi connectivity index (χ2n) is 12.9. The second kappa shape index (κ2) is 15.8. The zero-order chi connectivity index (χ0) is 37.1. The molecular formula is C39H37ClF3N7O3. The molecule has 0 atom stereocenters. The van der Waals surface area contributed by atoms with Gasteiger partial charge in [-0.05, 0) is 73.9 Å². The Bertz CT molecular complexity index is 2320. The minimum absolute atomic E-state index is 0.0423. The maximum Gasteiger partial charge on any atom is 0.266 e. The van der Waals surface area contributed by atoms with Crippen LogP contribution in [0.5, 0.6) is 5.88 Å². The van der Waals surface area contributed by atoms with Gasteiger partial charge in [0.1, 0.15) is 23.8 Å². The predicted octanol–water partition coefficient (Wildman–Crippen LogP) is 8.41. The molecular weight excluding hydrogens is 707 g/mol. The molecule has 8 rings (SSSR count). The fraction of sp³-hybridized carbons (Fsp3) is 0.282. The van der Waals surface area contributed by atoms with Crippen molar-refractivity contribution in [2.45, 2.75) is 39.3 Å². The third kappa shape index (κ3) is 8.22. The van der Waals surface area contributed by atoms with Crippen LogP contribution in [0.3, 0.4) is 0 Å². The molecule has 0 unspecified atom stereocenters. The Balaban J connectivity index is 0.00000102. The monoisotopic (exact) mass is 743 g/mol. The first-order valence-electron chi connectivity index (χ1n) is 17.2.